The number of benzene rings is 1. The van der Waals surface area contributed by atoms with Crippen molar-refractivity contribution < 1.29 is 4.79 Å². The first kappa shape index (κ1) is 17.3. The fraction of sp³-hybridized carbons (Fsp3) is 0.400. The Kier molecular flexibility index (Phi) is 4.66. The maximum atomic E-state index is 12.9. The topological polar surface area (TPSA) is 48.9 Å². The zero-order chi connectivity index (χ0) is 18.1. The van der Waals surface area contributed by atoms with Gasteiger partial charge in [-0.15, -0.1) is 0 Å². The van der Waals surface area contributed by atoms with Crippen LogP contribution in [0.1, 0.15) is 42.0 Å². The van der Waals surface area contributed by atoms with E-state index >= 15 is 0 Å². The number of imidazole rings is 1. The van der Waals surface area contributed by atoms with Gasteiger partial charge in [0.05, 0.1) is 17.6 Å². The summed E-state index contributed by atoms with van der Waals surface area (Å²) in [5.74, 6) is -0.0171. The second-order valence-electron chi connectivity index (χ2n) is 6.46. The molecule has 3 aromatic rings. The normalized spacial score (nSPS) is 11.4. The van der Waals surface area contributed by atoms with Crippen LogP contribution in [0.25, 0.3) is 11.0 Å². The van der Waals surface area contributed by atoms with Crippen LogP contribution in [0.2, 0.25) is 0 Å². The Labute approximate surface area is 147 Å². The van der Waals surface area contributed by atoms with Gasteiger partial charge in [0, 0.05) is 30.0 Å². The second kappa shape index (κ2) is 6.75. The number of hydrogen-bond acceptors (Lipinski definition) is 2. The summed E-state index contributed by atoms with van der Waals surface area (Å²) >= 11 is 0. The van der Waals surface area contributed by atoms with Gasteiger partial charge < -0.3 is 4.57 Å². The lowest BCUT2D eigenvalue weighted by atomic mass is 10.1. The Hall–Kier alpha value is -2.56. The van der Waals surface area contributed by atoms with Crippen molar-refractivity contribution >= 4 is 16.8 Å². The van der Waals surface area contributed by atoms with Crippen LogP contribution >= 0.6 is 0 Å². The molecule has 0 saturated carbocycles. The van der Waals surface area contributed by atoms with Crippen LogP contribution in [0.5, 0.6) is 0 Å². The molecule has 2 heterocycles. The predicted molar refractivity (Wildman–Crippen MR) is 100 cm³/mol. The molecule has 0 amide bonds. The summed E-state index contributed by atoms with van der Waals surface area (Å²) in [5, 5.41) is 0. The summed E-state index contributed by atoms with van der Waals surface area (Å²) in [6.07, 6.45) is 1.02. The second-order valence-corrected chi connectivity index (χ2v) is 6.46. The van der Waals surface area contributed by atoms with Crippen molar-refractivity contribution in [2.45, 2.75) is 53.8 Å². The van der Waals surface area contributed by atoms with Crippen molar-refractivity contribution in [3.05, 3.63) is 57.8 Å². The van der Waals surface area contributed by atoms with E-state index in [9.17, 15) is 9.59 Å². The van der Waals surface area contributed by atoms with Gasteiger partial charge in [-0.05, 0) is 45.4 Å². The number of nitrogens with zero attached hydrogens (tertiary/aromatic N) is 3. The molecule has 132 valence electrons. The standard InChI is InChI=1S/C20H25N3O2/c1-5-11-22-14(3)12-16(15(22)4)19(24)13-23-18-10-8-7-9-17(18)21(6-2)20(23)25/h7-10,12H,5-6,11,13H2,1-4H3. The van der Waals surface area contributed by atoms with Crippen LogP contribution in [0.4, 0.5) is 0 Å². The van der Waals surface area contributed by atoms with Gasteiger partial charge in [0.1, 0.15) is 0 Å². The molecule has 5 nitrogen and oxygen atoms in total. The van der Waals surface area contributed by atoms with Crippen molar-refractivity contribution in [1.29, 1.82) is 0 Å². The highest BCUT2D eigenvalue weighted by Gasteiger charge is 2.19. The summed E-state index contributed by atoms with van der Waals surface area (Å²) < 4.78 is 5.47. The number of carbonyl (C=O) groups excluding carboxylic acids is 1. The average molecular weight is 339 g/mol. The molecule has 5 heteroatoms. The number of hydrogen-bond donors (Lipinski definition) is 0. The van der Waals surface area contributed by atoms with E-state index in [0.29, 0.717) is 12.1 Å². The van der Waals surface area contributed by atoms with Crippen LogP contribution in [-0.4, -0.2) is 19.5 Å². The SMILES string of the molecule is CCCn1c(C)cc(C(=O)Cn2c(=O)n(CC)c3ccccc32)c1C. The van der Waals surface area contributed by atoms with E-state index in [0.717, 1.165) is 35.4 Å². The highest BCUT2D eigenvalue weighted by Crippen LogP contribution is 2.18. The molecule has 0 unspecified atom stereocenters. The largest absolute Gasteiger partial charge is 0.348 e. The molecule has 0 aliphatic rings. The summed E-state index contributed by atoms with van der Waals surface area (Å²) in [4.78, 5) is 25.6. The maximum absolute atomic E-state index is 12.9. The van der Waals surface area contributed by atoms with Crippen LogP contribution in [0, 0.1) is 13.8 Å². The minimum absolute atomic E-state index is 0.0171. The summed E-state index contributed by atoms with van der Waals surface area (Å²) in [6, 6.07) is 9.58. The predicted octanol–water partition coefficient (Wildman–Crippen LogP) is 3.53. The third-order valence-electron chi connectivity index (χ3n) is 4.86. The number of aromatic nitrogens is 3. The summed E-state index contributed by atoms with van der Waals surface area (Å²) in [6.45, 7) is 9.63. The van der Waals surface area contributed by atoms with Crippen molar-refractivity contribution in [3.63, 3.8) is 0 Å². The van der Waals surface area contributed by atoms with E-state index in [-0.39, 0.29) is 18.0 Å². The number of carbonyl (C=O) groups is 1. The van der Waals surface area contributed by atoms with Gasteiger partial charge in [-0.3, -0.25) is 13.9 Å². The number of Topliss-reactive ketones (excluding diaryl/α,β-unsaturated/α-hetero) is 1. The first-order valence-electron chi connectivity index (χ1n) is 8.87. The zero-order valence-corrected chi connectivity index (χ0v) is 15.4. The molecular formula is C20H25N3O2. The van der Waals surface area contributed by atoms with Gasteiger partial charge in [-0.25, -0.2) is 4.79 Å². The van der Waals surface area contributed by atoms with Gasteiger partial charge in [-0.2, -0.15) is 0 Å². The highest BCUT2D eigenvalue weighted by atomic mass is 16.2. The van der Waals surface area contributed by atoms with E-state index in [1.54, 1.807) is 9.13 Å². The number of aryl methyl sites for hydroxylation is 2. The average Bonchev–Trinajstić information content (AvgIpc) is 3.03. The Balaban J connectivity index is 2.03. The molecule has 0 bridgehead atoms. The summed E-state index contributed by atoms with van der Waals surface area (Å²) in [5.41, 5.74) is 4.34. The number of rotatable bonds is 6. The molecule has 0 N–H and O–H groups in total. The van der Waals surface area contributed by atoms with Gasteiger partial charge in [0.25, 0.3) is 0 Å². The van der Waals surface area contributed by atoms with Crippen molar-refractivity contribution in [1.82, 2.24) is 13.7 Å². The summed E-state index contributed by atoms with van der Waals surface area (Å²) in [7, 11) is 0. The van der Waals surface area contributed by atoms with E-state index in [1.807, 2.05) is 51.1 Å². The monoisotopic (exact) mass is 339 g/mol. The van der Waals surface area contributed by atoms with Gasteiger partial charge in [-0.1, -0.05) is 19.1 Å². The molecule has 0 aliphatic heterocycles. The first-order chi connectivity index (χ1) is 12.0. The van der Waals surface area contributed by atoms with Crippen molar-refractivity contribution in [3.8, 4) is 0 Å². The fourth-order valence-corrected chi connectivity index (χ4v) is 3.61. The molecule has 0 atom stereocenters. The molecule has 0 radical (unpaired) electrons. The van der Waals surface area contributed by atoms with Crippen LogP contribution < -0.4 is 5.69 Å². The molecule has 2 aromatic heterocycles. The molecule has 1 aromatic carbocycles. The molecule has 0 fully saturated rings. The van der Waals surface area contributed by atoms with Crippen molar-refractivity contribution in [2.75, 3.05) is 0 Å². The van der Waals surface area contributed by atoms with Gasteiger partial charge >= 0.3 is 5.69 Å². The first-order valence-corrected chi connectivity index (χ1v) is 8.87. The van der Waals surface area contributed by atoms with E-state index in [2.05, 4.69) is 11.5 Å². The Morgan fingerprint density at radius 2 is 1.64 bits per heavy atom. The zero-order valence-electron chi connectivity index (χ0n) is 15.4. The Morgan fingerprint density at radius 3 is 2.24 bits per heavy atom. The van der Waals surface area contributed by atoms with Crippen LogP contribution in [0.3, 0.4) is 0 Å². The molecule has 0 aliphatic carbocycles. The Bertz CT molecular complexity index is 988. The van der Waals surface area contributed by atoms with Gasteiger partial charge in [0.15, 0.2) is 5.78 Å². The molecular weight excluding hydrogens is 314 g/mol. The van der Waals surface area contributed by atoms with E-state index in [1.165, 1.54) is 0 Å². The molecule has 0 saturated heterocycles. The lowest BCUT2D eigenvalue weighted by molar-refractivity contribution is 0.0971. The molecule has 25 heavy (non-hydrogen) atoms. The lowest BCUT2D eigenvalue weighted by Crippen LogP contribution is -2.26. The lowest BCUT2D eigenvalue weighted by Gasteiger charge is -2.08. The van der Waals surface area contributed by atoms with E-state index in [4.69, 9.17) is 0 Å². The smallest absolute Gasteiger partial charge is 0.329 e. The Morgan fingerprint density at radius 1 is 1.00 bits per heavy atom. The quantitative estimate of drug-likeness (QED) is 0.645. The number of para-hydroxylation sites is 2. The van der Waals surface area contributed by atoms with Crippen LogP contribution in [-0.2, 0) is 19.6 Å². The number of fused-ring (bicyclic) bond motifs is 1. The molecule has 0 spiro atoms. The van der Waals surface area contributed by atoms with Gasteiger partial charge in [0.2, 0.25) is 0 Å². The molecule has 3 rings (SSSR count). The van der Waals surface area contributed by atoms with Crippen LogP contribution in [0.15, 0.2) is 35.1 Å². The third kappa shape index (κ3) is 2.84. The minimum Gasteiger partial charge on any atom is -0.348 e. The fourth-order valence-electron chi connectivity index (χ4n) is 3.61. The highest BCUT2D eigenvalue weighted by molar-refractivity contribution is 5.98. The van der Waals surface area contributed by atoms with E-state index < -0.39 is 0 Å². The van der Waals surface area contributed by atoms with Crippen molar-refractivity contribution in [2.24, 2.45) is 0 Å². The third-order valence-corrected chi connectivity index (χ3v) is 4.86. The minimum atomic E-state index is -0.126. The number of ketones is 1. The maximum Gasteiger partial charge on any atom is 0.329 e.